The largest absolute Gasteiger partial charge is 0.365 e. The van der Waals surface area contributed by atoms with Crippen molar-refractivity contribution in [2.45, 2.75) is 93.3 Å². The van der Waals surface area contributed by atoms with E-state index >= 15 is 0 Å². The zero-order chi connectivity index (χ0) is 27.0. The van der Waals surface area contributed by atoms with Gasteiger partial charge in [0.15, 0.2) is 17.0 Å². The highest BCUT2D eigenvalue weighted by Gasteiger charge is 2.31. The van der Waals surface area contributed by atoms with Gasteiger partial charge in [0.1, 0.15) is 0 Å². The van der Waals surface area contributed by atoms with Crippen LogP contribution in [0.4, 0.5) is 11.8 Å². The van der Waals surface area contributed by atoms with Crippen molar-refractivity contribution in [3.05, 3.63) is 35.1 Å². The lowest BCUT2D eigenvalue weighted by Gasteiger charge is -2.32. The molecule has 2 aromatic heterocycles. The number of halogens is 3. The zero-order valence-electron chi connectivity index (χ0n) is 22.9. The smallest absolute Gasteiger partial charge is 0.243 e. The summed E-state index contributed by atoms with van der Waals surface area (Å²) in [6.45, 7) is 0.905. The van der Waals surface area contributed by atoms with Crippen LogP contribution in [-0.2, 0) is 10.0 Å². The Morgan fingerprint density at radius 2 is 1.49 bits per heavy atom. The number of fused-ring (bicyclic) bond motifs is 1. The number of nitrogens with one attached hydrogen (secondary N) is 2. The Balaban J connectivity index is 0.00000194. The van der Waals surface area contributed by atoms with E-state index in [-0.39, 0.29) is 36.9 Å². The van der Waals surface area contributed by atoms with Crippen LogP contribution in [0, 0.1) is 0 Å². The lowest BCUT2D eigenvalue weighted by Crippen LogP contribution is -2.42. The molecule has 0 radical (unpaired) electrons. The van der Waals surface area contributed by atoms with E-state index in [0.717, 1.165) is 60.0 Å². The quantitative estimate of drug-likeness (QED) is 0.297. The molecule has 0 bridgehead atoms. The maximum atomic E-state index is 13.2. The van der Waals surface area contributed by atoms with Crippen LogP contribution in [0.25, 0.3) is 11.2 Å². The first kappa shape index (κ1) is 32.2. The van der Waals surface area contributed by atoms with Crippen molar-refractivity contribution in [2.24, 2.45) is 5.73 Å². The van der Waals surface area contributed by atoms with Crippen molar-refractivity contribution in [1.29, 1.82) is 0 Å². The van der Waals surface area contributed by atoms with Crippen LogP contribution in [0.1, 0.15) is 70.3 Å². The van der Waals surface area contributed by atoms with E-state index in [9.17, 15) is 8.42 Å². The molecule has 2 aliphatic carbocycles. The van der Waals surface area contributed by atoms with Crippen LogP contribution in [-0.4, -0.2) is 63.5 Å². The van der Waals surface area contributed by atoms with E-state index in [1.54, 1.807) is 28.6 Å². The third-order valence-corrected chi connectivity index (χ3v) is 10.9. The van der Waals surface area contributed by atoms with Crippen molar-refractivity contribution in [1.82, 2.24) is 23.8 Å². The molecule has 1 aliphatic heterocycles. The molecule has 0 amide bonds. The van der Waals surface area contributed by atoms with Gasteiger partial charge in [-0.05, 0) is 75.6 Å². The number of imidazole rings is 1. The molecule has 6 rings (SSSR count). The molecular weight excluding hydrogens is 651 g/mol. The SMILES string of the molecule is Cl.Cl.N[C@H]1CC[C@H](Nc2nc(NC3CCN(S(=O)(=O)c4ccc(Br)cc4)CC3)c3ncn(C4CCCC4)c3n2)CC1. The minimum absolute atomic E-state index is 0. The Bertz CT molecular complexity index is 1400. The number of nitrogens with zero attached hydrogens (tertiary/aromatic N) is 5. The maximum Gasteiger partial charge on any atom is 0.243 e. The molecule has 226 valence electrons. The van der Waals surface area contributed by atoms with Gasteiger partial charge < -0.3 is 20.9 Å². The van der Waals surface area contributed by atoms with Crippen molar-refractivity contribution in [2.75, 3.05) is 23.7 Å². The van der Waals surface area contributed by atoms with Crippen LogP contribution in [0.3, 0.4) is 0 Å². The summed E-state index contributed by atoms with van der Waals surface area (Å²) in [5.74, 6) is 1.35. The van der Waals surface area contributed by atoms with Gasteiger partial charge in [0.25, 0.3) is 0 Å². The lowest BCUT2D eigenvalue weighted by atomic mass is 9.92. The Labute approximate surface area is 262 Å². The van der Waals surface area contributed by atoms with Gasteiger partial charge in [0.2, 0.25) is 16.0 Å². The van der Waals surface area contributed by atoms with Crippen LogP contribution < -0.4 is 16.4 Å². The van der Waals surface area contributed by atoms with Crippen LogP contribution in [0.15, 0.2) is 40.0 Å². The summed E-state index contributed by atoms with van der Waals surface area (Å²) in [5, 5.41) is 7.20. The molecule has 14 heteroatoms. The molecule has 41 heavy (non-hydrogen) atoms. The molecule has 4 N–H and O–H groups in total. The average molecular weight is 691 g/mol. The monoisotopic (exact) mass is 688 g/mol. The van der Waals surface area contributed by atoms with Crippen molar-refractivity contribution < 1.29 is 8.42 Å². The van der Waals surface area contributed by atoms with E-state index < -0.39 is 10.0 Å². The second kappa shape index (κ2) is 13.7. The van der Waals surface area contributed by atoms with Crippen LogP contribution in [0.2, 0.25) is 0 Å². The standard InChI is InChI=1S/C27H37BrN8O2S.2ClH/c28-18-5-11-23(12-6-18)39(37,38)35-15-13-21(14-16-35)31-25-24-26(36(17-30-24)22-3-1-2-4-22)34-27(33-25)32-20-9-7-19(29)8-10-20;;/h5-6,11-12,17,19-22H,1-4,7-10,13-16,29H2,(H2,31,32,33,34);2*1H/t19-,20-;;. The summed E-state index contributed by atoms with van der Waals surface area (Å²) < 4.78 is 31.0. The van der Waals surface area contributed by atoms with Gasteiger partial charge in [-0.1, -0.05) is 28.8 Å². The van der Waals surface area contributed by atoms with E-state index in [0.29, 0.717) is 48.9 Å². The summed E-state index contributed by atoms with van der Waals surface area (Å²) in [6.07, 6.45) is 12.1. The maximum absolute atomic E-state index is 13.2. The number of hydrogen-bond donors (Lipinski definition) is 3. The summed E-state index contributed by atoms with van der Waals surface area (Å²) in [6, 6.07) is 7.93. The highest BCUT2D eigenvalue weighted by atomic mass is 79.9. The number of piperidine rings is 1. The molecule has 1 aromatic carbocycles. The summed E-state index contributed by atoms with van der Waals surface area (Å²) in [4.78, 5) is 14.9. The molecule has 2 saturated carbocycles. The normalized spacial score (nSPS) is 22.7. The summed E-state index contributed by atoms with van der Waals surface area (Å²) >= 11 is 3.38. The molecule has 10 nitrogen and oxygen atoms in total. The average Bonchev–Trinajstić information content (AvgIpc) is 3.61. The lowest BCUT2D eigenvalue weighted by molar-refractivity contribution is 0.329. The van der Waals surface area contributed by atoms with Gasteiger partial charge in [0.05, 0.1) is 11.2 Å². The summed E-state index contributed by atoms with van der Waals surface area (Å²) in [5.41, 5.74) is 7.77. The second-order valence-corrected chi connectivity index (χ2v) is 14.0. The third-order valence-electron chi connectivity index (χ3n) is 8.49. The van der Waals surface area contributed by atoms with E-state index in [4.69, 9.17) is 20.7 Å². The van der Waals surface area contributed by atoms with Crippen LogP contribution in [0.5, 0.6) is 0 Å². The van der Waals surface area contributed by atoms with Gasteiger partial charge in [-0.2, -0.15) is 14.3 Å². The van der Waals surface area contributed by atoms with Gasteiger partial charge in [0, 0.05) is 41.7 Å². The fourth-order valence-corrected chi connectivity index (χ4v) is 7.90. The number of nitrogens with two attached hydrogens (primary N) is 1. The van der Waals surface area contributed by atoms with E-state index in [1.807, 2.05) is 6.33 Å². The molecule has 0 unspecified atom stereocenters. The number of rotatable bonds is 7. The highest BCUT2D eigenvalue weighted by Crippen LogP contribution is 2.34. The molecule has 3 heterocycles. The zero-order valence-corrected chi connectivity index (χ0v) is 26.9. The molecule has 3 aromatic rings. The number of hydrogen-bond acceptors (Lipinski definition) is 8. The number of anilines is 2. The van der Waals surface area contributed by atoms with Gasteiger partial charge in [-0.15, -0.1) is 24.8 Å². The highest BCUT2D eigenvalue weighted by molar-refractivity contribution is 9.10. The molecular formula is C27H39BrCl2N8O2S. The Hall–Kier alpha value is -1.70. The minimum Gasteiger partial charge on any atom is -0.365 e. The number of benzene rings is 1. The summed E-state index contributed by atoms with van der Waals surface area (Å²) in [7, 11) is -3.52. The molecule has 0 atom stereocenters. The fourth-order valence-electron chi connectivity index (χ4n) is 6.17. The predicted octanol–water partition coefficient (Wildman–Crippen LogP) is 5.49. The van der Waals surface area contributed by atoms with E-state index in [1.165, 1.54) is 12.8 Å². The van der Waals surface area contributed by atoms with E-state index in [2.05, 4.69) is 31.1 Å². The fraction of sp³-hybridized carbons (Fsp3) is 0.593. The van der Waals surface area contributed by atoms with Gasteiger partial charge in [-0.3, -0.25) is 0 Å². The predicted molar refractivity (Wildman–Crippen MR) is 171 cm³/mol. The van der Waals surface area contributed by atoms with Crippen molar-refractivity contribution in [3.8, 4) is 0 Å². The van der Waals surface area contributed by atoms with Gasteiger partial charge in [-0.25, -0.2) is 13.4 Å². The number of aromatic nitrogens is 4. The van der Waals surface area contributed by atoms with Crippen molar-refractivity contribution >= 4 is 73.7 Å². The van der Waals surface area contributed by atoms with Crippen molar-refractivity contribution in [3.63, 3.8) is 0 Å². The molecule has 3 fully saturated rings. The Morgan fingerprint density at radius 3 is 2.15 bits per heavy atom. The molecule has 1 saturated heterocycles. The first-order valence-corrected chi connectivity index (χ1v) is 16.4. The Kier molecular flexibility index (Phi) is 10.8. The topological polar surface area (TPSA) is 131 Å². The number of sulfonamides is 1. The van der Waals surface area contributed by atoms with Gasteiger partial charge >= 0.3 is 0 Å². The molecule has 0 spiro atoms. The first-order valence-electron chi connectivity index (χ1n) is 14.2. The first-order chi connectivity index (χ1) is 18.9. The third kappa shape index (κ3) is 7.10. The minimum atomic E-state index is -3.52. The second-order valence-electron chi connectivity index (χ2n) is 11.2. The van der Waals surface area contributed by atoms with Crippen LogP contribution >= 0.6 is 40.7 Å². The Morgan fingerprint density at radius 1 is 0.854 bits per heavy atom. The molecule has 3 aliphatic rings.